The van der Waals surface area contributed by atoms with Crippen molar-refractivity contribution in [2.45, 2.75) is 45.6 Å². The average molecular weight is 357 g/mol. The van der Waals surface area contributed by atoms with E-state index in [0.29, 0.717) is 15.7 Å². The quantitative estimate of drug-likeness (QED) is 0.813. The number of likely N-dealkylation sites (tertiary alicyclic amines) is 1. The molecular weight excluding hydrogens is 335 g/mol. The molecule has 0 bridgehead atoms. The number of hydrogen-bond donors (Lipinski definition) is 0. The summed E-state index contributed by atoms with van der Waals surface area (Å²) in [6.45, 7) is 4.30. The molecule has 0 saturated carbocycles. The average Bonchev–Trinajstić information content (AvgIpc) is 2.52. The summed E-state index contributed by atoms with van der Waals surface area (Å²) >= 11 is 12.1. The van der Waals surface area contributed by atoms with Crippen LogP contribution >= 0.6 is 23.2 Å². The molecule has 1 fully saturated rings. The first-order valence-corrected chi connectivity index (χ1v) is 8.72. The van der Waals surface area contributed by atoms with Crippen LogP contribution in [0.1, 0.15) is 39.5 Å². The normalized spacial score (nSPS) is 17.9. The minimum absolute atomic E-state index is 0.00713. The van der Waals surface area contributed by atoms with Gasteiger partial charge in [-0.1, -0.05) is 30.1 Å². The Morgan fingerprint density at radius 1 is 1.30 bits per heavy atom. The Bertz CT molecular complexity index is 592. The molecule has 0 aliphatic carbocycles. The summed E-state index contributed by atoms with van der Waals surface area (Å²) in [7, 11) is 0. The van der Waals surface area contributed by atoms with Crippen LogP contribution in [0.25, 0.3) is 0 Å². The van der Waals surface area contributed by atoms with Gasteiger partial charge in [-0.2, -0.15) is 0 Å². The predicted molar refractivity (Wildman–Crippen MR) is 94.1 cm³/mol. The van der Waals surface area contributed by atoms with Crippen LogP contribution in [0.3, 0.4) is 0 Å². The fraction of sp³-hybridized carbons (Fsp3) is 0.529. The lowest BCUT2D eigenvalue weighted by Gasteiger charge is -2.36. The van der Waals surface area contributed by atoms with Crippen molar-refractivity contribution >= 4 is 40.7 Å². The Balaban J connectivity index is 2.19. The number of carbonyl (C=O) groups is 2. The van der Waals surface area contributed by atoms with E-state index in [1.165, 1.54) is 11.8 Å². The molecule has 0 radical (unpaired) electrons. The van der Waals surface area contributed by atoms with Crippen molar-refractivity contribution in [1.82, 2.24) is 4.90 Å². The lowest BCUT2D eigenvalue weighted by atomic mass is 10.00. The number of halogens is 2. The SMILES string of the molecule is CCC1CCCCN1C(=O)CN(C(C)=O)c1ccc(Cl)cc1Cl. The van der Waals surface area contributed by atoms with Crippen molar-refractivity contribution in [2.75, 3.05) is 18.0 Å². The zero-order chi connectivity index (χ0) is 17.0. The first-order chi connectivity index (χ1) is 10.9. The van der Waals surface area contributed by atoms with Gasteiger partial charge in [0, 0.05) is 24.5 Å². The van der Waals surface area contributed by atoms with Crippen LogP contribution in [0.2, 0.25) is 10.0 Å². The van der Waals surface area contributed by atoms with Gasteiger partial charge in [-0.05, 0) is 43.9 Å². The highest BCUT2D eigenvalue weighted by atomic mass is 35.5. The molecule has 0 aromatic heterocycles. The van der Waals surface area contributed by atoms with E-state index >= 15 is 0 Å². The predicted octanol–water partition coefficient (Wildman–Crippen LogP) is 4.14. The van der Waals surface area contributed by atoms with Crippen LogP contribution in [0.15, 0.2) is 18.2 Å². The Morgan fingerprint density at radius 2 is 2.04 bits per heavy atom. The molecule has 1 heterocycles. The van der Waals surface area contributed by atoms with Crippen molar-refractivity contribution in [3.63, 3.8) is 0 Å². The van der Waals surface area contributed by atoms with Gasteiger partial charge in [0.2, 0.25) is 11.8 Å². The fourth-order valence-electron chi connectivity index (χ4n) is 3.05. The Labute approximate surface area is 147 Å². The number of amides is 2. The van der Waals surface area contributed by atoms with Crippen molar-refractivity contribution in [1.29, 1.82) is 0 Å². The van der Waals surface area contributed by atoms with E-state index in [2.05, 4.69) is 6.92 Å². The Kier molecular flexibility index (Phi) is 6.31. The summed E-state index contributed by atoms with van der Waals surface area (Å²) in [6, 6.07) is 5.19. The molecule has 1 aromatic rings. The summed E-state index contributed by atoms with van der Waals surface area (Å²) in [5.74, 6) is -0.245. The second-order valence-electron chi connectivity index (χ2n) is 5.85. The minimum Gasteiger partial charge on any atom is -0.338 e. The topological polar surface area (TPSA) is 40.6 Å². The second-order valence-corrected chi connectivity index (χ2v) is 6.69. The first kappa shape index (κ1) is 18.1. The van der Waals surface area contributed by atoms with Crippen molar-refractivity contribution in [2.24, 2.45) is 0 Å². The molecular formula is C17H22Cl2N2O2. The molecule has 1 aromatic carbocycles. The van der Waals surface area contributed by atoms with E-state index in [1.54, 1.807) is 18.2 Å². The van der Waals surface area contributed by atoms with Gasteiger partial charge in [0.25, 0.3) is 0 Å². The number of hydrogen-bond acceptors (Lipinski definition) is 2. The molecule has 1 saturated heterocycles. The van der Waals surface area contributed by atoms with Gasteiger partial charge in [-0.25, -0.2) is 0 Å². The van der Waals surface area contributed by atoms with E-state index < -0.39 is 0 Å². The monoisotopic (exact) mass is 356 g/mol. The van der Waals surface area contributed by atoms with Gasteiger partial charge in [-0.3, -0.25) is 9.59 Å². The molecule has 23 heavy (non-hydrogen) atoms. The number of piperidine rings is 1. The second kappa shape index (κ2) is 8.02. The lowest BCUT2D eigenvalue weighted by molar-refractivity contribution is -0.134. The molecule has 4 nitrogen and oxygen atoms in total. The minimum atomic E-state index is -0.215. The van der Waals surface area contributed by atoms with Gasteiger partial charge in [0.15, 0.2) is 0 Å². The molecule has 1 aliphatic heterocycles. The largest absolute Gasteiger partial charge is 0.338 e. The number of benzene rings is 1. The lowest BCUT2D eigenvalue weighted by Crippen LogP contribution is -2.48. The number of rotatable bonds is 4. The van der Waals surface area contributed by atoms with E-state index in [9.17, 15) is 9.59 Å². The van der Waals surface area contributed by atoms with Gasteiger partial charge in [-0.15, -0.1) is 0 Å². The molecule has 1 aliphatic rings. The van der Waals surface area contributed by atoms with Crippen molar-refractivity contribution < 1.29 is 9.59 Å². The van der Waals surface area contributed by atoms with Crippen molar-refractivity contribution in [3.05, 3.63) is 28.2 Å². The summed E-state index contributed by atoms with van der Waals surface area (Å²) in [6.07, 6.45) is 4.14. The maximum Gasteiger partial charge on any atom is 0.242 e. The number of anilines is 1. The number of carbonyl (C=O) groups excluding carboxylic acids is 2. The fourth-order valence-corrected chi connectivity index (χ4v) is 3.56. The van der Waals surface area contributed by atoms with Gasteiger partial charge in [0.1, 0.15) is 6.54 Å². The van der Waals surface area contributed by atoms with Crippen LogP contribution in [-0.4, -0.2) is 35.8 Å². The van der Waals surface area contributed by atoms with Crippen LogP contribution in [0.4, 0.5) is 5.69 Å². The van der Waals surface area contributed by atoms with Crippen molar-refractivity contribution in [3.8, 4) is 0 Å². The van der Waals surface area contributed by atoms with Gasteiger partial charge < -0.3 is 9.80 Å². The summed E-state index contributed by atoms with van der Waals surface area (Å²) in [4.78, 5) is 28.0. The van der Waals surface area contributed by atoms with Gasteiger partial charge >= 0.3 is 0 Å². The first-order valence-electron chi connectivity index (χ1n) is 7.96. The third kappa shape index (κ3) is 4.39. The molecule has 1 unspecified atom stereocenters. The number of nitrogens with zero attached hydrogens (tertiary/aromatic N) is 2. The Hall–Kier alpha value is -1.26. The van der Waals surface area contributed by atoms with E-state index in [0.717, 1.165) is 32.2 Å². The highest BCUT2D eigenvalue weighted by molar-refractivity contribution is 6.36. The summed E-state index contributed by atoms with van der Waals surface area (Å²) in [5.41, 5.74) is 0.516. The van der Waals surface area contributed by atoms with E-state index in [4.69, 9.17) is 23.2 Å². The molecule has 2 rings (SSSR count). The standard InChI is InChI=1S/C17H22Cl2N2O2/c1-3-14-6-4-5-9-20(14)17(23)11-21(12(2)22)16-8-7-13(18)10-15(16)19/h7-8,10,14H,3-6,9,11H2,1-2H3. The van der Waals surface area contributed by atoms with E-state index in [1.807, 2.05) is 4.90 Å². The summed E-state index contributed by atoms with van der Waals surface area (Å²) < 4.78 is 0. The Morgan fingerprint density at radius 3 is 2.65 bits per heavy atom. The molecule has 6 heteroatoms. The highest BCUT2D eigenvalue weighted by Crippen LogP contribution is 2.29. The van der Waals surface area contributed by atoms with Crippen LogP contribution < -0.4 is 4.90 Å². The van der Waals surface area contributed by atoms with Crippen LogP contribution in [0, 0.1) is 0 Å². The molecule has 0 N–H and O–H groups in total. The van der Waals surface area contributed by atoms with Crippen LogP contribution in [-0.2, 0) is 9.59 Å². The third-order valence-corrected chi connectivity index (χ3v) is 4.83. The van der Waals surface area contributed by atoms with E-state index in [-0.39, 0.29) is 24.4 Å². The smallest absolute Gasteiger partial charge is 0.242 e. The maximum absolute atomic E-state index is 12.7. The molecule has 0 spiro atoms. The third-order valence-electron chi connectivity index (χ3n) is 4.29. The van der Waals surface area contributed by atoms with Crippen LogP contribution in [0.5, 0.6) is 0 Å². The molecule has 2 amide bonds. The highest BCUT2D eigenvalue weighted by Gasteiger charge is 2.28. The summed E-state index contributed by atoms with van der Waals surface area (Å²) in [5, 5.41) is 0.863. The zero-order valence-electron chi connectivity index (χ0n) is 13.5. The molecule has 126 valence electrons. The maximum atomic E-state index is 12.7. The molecule has 1 atom stereocenters. The zero-order valence-corrected chi connectivity index (χ0v) is 15.0. The van der Waals surface area contributed by atoms with Gasteiger partial charge in [0.05, 0.1) is 10.7 Å².